The lowest BCUT2D eigenvalue weighted by Crippen LogP contribution is -2.41. The van der Waals surface area contributed by atoms with Crippen molar-refractivity contribution in [2.24, 2.45) is 0 Å². The lowest BCUT2D eigenvalue weighted by atomic mass is 9.89. The summed E-state index contributed by atoms with van der Waals surface area (Å²) in [6.45, 7) is 4.01. The molecule has 2 aromatic rings. The molecule has 1 aliphatic rings. The van der Waals surface area contributed by atoms with E-state index in [1.165, 1.54) is 0 Å². The monoisotopic (exact) mass is 412 g/mol. The number of hydrogen-bond acceptors (Lipinski definition) is 4. The first kappa shape index (κ1) is 20.7. The SMILES string of the molecule is CSc1ccc(Cl)c(C(=O)NC2CC(C)(C)Oc3ccc(N)cc32)c1.Cl. The minimum atomic E-state index is -0.383. The Morgan fingerprint density at radius 3 is 2.73 bits per heavy atom. The van der Waals surface area contributed by atoms with Crippen LogP contribution in [0, 0.1) is 0 Å². The number of nitrogens with one attached hydrogen (secondary N) is 1. The summed E-state index contributed by atoms with van der Waals surface area (Å²) >= 11 is 7.80. The largest absolute Gasteiger partial charge is 0.487 e. The van der Waals surface area contributed by atoms with Crippen molar-refractivity contribution in [3.63, 3.8) is 0 Å². The molecule has 3 rings (SSSR count). The maximum Gasteiger partial charge on any atom is 0.253 e. The molecule has 140 valence electrons. The molecule has 1 atom stereocenters. The number of carbonyl (C=O) groups excluding carboxylic acids is 1. The van der Waals surface area contributed by atoms with Crippen molar-refractivity contribution in [3.8, 4) is 5.75 Å². The normalized spacial score (nSPS) is 17.5. The van der Waals surface area contributed by atoms with Crippen LogP contribution in [0.1, 0.15) is 42.2 Å². The lowest BCUT2D eigenvalue weighted by molar-refractivity contribution is 0.0620. The van der Waals surface area contributed by atoms with Crippen LogP contribution in [0.25, 0.3) is 0 Å². The predicted molar refractivity (Wildman–Crippen MR) is 111 cm³/mol. The Labute approximate surface area is 169 Å². The number of benzene rings is 2. The highest BCUT2D eigenvalue weighted by Crippen LogP contribution is 2.40. The van der Waals surface area contributed by atoms with Gasteiger partial charge in [-0.25, -0.2) is 0 Å². The molecule has 0 saturated carbocycles. The van der Waals surface area contributed by atoms with Crippen LogP contribution in [0.15, 0.2) is 41.3 Å². The third-order valence-corrected chi connectivity index (χ3v) is 5.27. The van der Waals surface area contributed by atoms with Gasteiger partial charge < -0.3 is 15.8 Å². The number of anilines is 1. The van der Waals surface area contributed by atoms with E-state index in [-0.39, 0.29) is 30.0 Å². The molecule has 0 radical (unpaired) electrons. The number of hydrogen-bond donors (Lipinski definition) is 2. The molecule has 1 heterocycles. The van der Waals surface area contributed by atoms with Gasteiger partial charge in [0, 0.05) is 22.6 Å². The molecule has 0 fully saturated rings. The predicted octanol–water partition coefficient (Wildman–Crippen LogP) is 5.10. The zero-order chi connectivity index (χ0) is 18.2. The molecule has 7 heteroatoms. The van der Waals surface area contributed by atoms with Gasteiger partial charge in [-0.3, -0.25) is 4.79 Å². The average molecular weight is 413 g/mol. The summed E-state index contributed by atoms with van der Waals surface area (Å²) in [6.07, 6.45) is 2.61. The zero-order valence-electron chi connectivity index (χ0n) is 14.8. The lowest BCUT2D eigenvalue weighted by Gasteiger charge is -2.38. The van der Waals surface area contributed by atoms with Crippen LogP contribution in [0.2, 0.25) is 5.02 Å². The molecular weight excluding hydrogens is 391 g/mol. The molecule has 0 aliphatic carbocycles. The second-order valence-corrected chi connectivity index (χ2v) is 8.02. The number of nitrogens with two attached hydrogens (primary N) is 1. The van der Waals surface area contributed by atoms with Gasteiger partial charge in [-0.05, 0) is 56.5 Å². The van der Waals surface area contributed by atoms with Crippen LogP contribution in [0.3, 0.4) is 0 Å². The van der Waals surface area contributed by atoms with E-state index in [1.54, 1.807) is 23.9 Å². The Bertz CT molecular complexity index is 827. The van der Waals surface area contributed by atoms with E-state index in [4.69, 9.17) is 22.1 Å². The molecule has 0 aromatic heterocycles. The van der Waals surface area contributed by atoms with Gasteiger partial charge in [0.15, 0.2) is 0 Å². The first-order chi connectivity index (χ1) is 11.8. The van der Waals surface area contributed by atoms with Gasteiger partial charge in [0.2, 0.25) is 0 Å². The molecule has 1 amide bonds. The van der Waals surface area contributed by atoms with E-state index in [0.29, 0.717) is 22.7 Å². The van der Waals surface area contributed by atoms with Crippen LogP contribution in [-0.2, 0) is 0 Å². The number of fused-ring (bicyclic) bond motifs is 1. The van der Waals surface area contributed by atoms with E-state index < -0.39 is 0 Å². The highest BCUT2D eigenvalue weighted by Gasteiger charge is 2.35. The van der Waals surface area contributed by atoms with Crippen molar-refractivity contribution in [2.45, 2.75) is 36.8 Å². The Morgan fingerprint density at radius 2 is 2.04 bits per heavy atom. The molecule has 3 N–H and O–H groups in total. The summed E-state index contributed by atoms with van der Waals surface area (Å²) in [5.41, 5.74) is 7.55. The fourth-order valence-corrected chi connectivity index (χ4v) is 3.69. The van der Waals surface area contributed by atoms with Crippen molar-refractivity contribution in [1.82, 2.24) is 5.32 Å². The topological polar surface area (TPSA) is 64.3 Å². The van der Waals surface area contributed by atoms with Crippen LogP contribution < -0.4 is 15.8 Å². The fraction of sp³-hybridized carbons (Fsp3) is 0.316. The summed E-state index contributed by atoms with van der Waals surface area (Å²) in [4.78, 5) is 13.8. The van der Waals surface area contributed by atoms with Crippen molar-refractivity contribution in [3.05, 3.63) is 52.5 Å². The molecule has 4 nitrogen and oxygen atoms in total. The van der Waals surface area contributed by atoms with Gasteiger partial charge in [-0.15, -0.1) is 24.2 Å². The summed E-state index contributed by atoms with van der Waals surface area (Å²) in [6, 6.07) is 10.8. The number of amides is 1. The smallest absolute Gasteiger partial charge is 0.253 e. The second-order valence-electron chi connectivity index (χ2n) is 6.73. The quantitative estimate of drug-likeness (QED) is 0.543. The Kier molecular flexibility index (Phi) is 6.37. The first-order valence-corrected chi connectivity index (χ1v) is 9.62. The van der Waals surface area contributed by atoms with Gasteiger partial charge in [0.05, 0.1) is 16.6 Å². The molecule has 1 unspecified atom stereocenters. The minimum absolute atomic E-state index is 0. The third-order valence-electron chi connectivity index (χ3n) is 4.21. The number of nitrogen functional groups attached to an aromatic ring is 1. The molecule has 1 aliphatic heterocycles. The zero-order valence-corrected chi connectivity index (χ0v) is 17.2. The van der Waals surface area contributed by atoms with E-state index in [2.05, 4.69) is 5.32 Å². The van der Waals surface area contributed by atoms with Crippen LogP contribution in [0.5, 0.6) is 5.75 Å². The van der Waals surface area contributed by atoms with Crippen LogP contribution in [0.4, 0.5) is 5.69 Å². The molecular formula is C19H22Cl2N2O2S. The van der Waals surface area contributed by atoms with Crippen LogP contribution >= 0.6 is 35.8 Å². The van der Waals surface area contributed by atoms with Gasteiger partial charge in [0.25, 0.3) is 5.91 Å². The maximum atomic E-state index is 12.8. The summed E-state index contributed by atoms with van der Waals surface area (Å²) < 4.78 is 6.02. The van der Waals surface area contributed by atoms with E-state index in [9.17, 15) is 4.79 Å². The molecule has 26 heavy (non-hydrogen) atoms. The standard InChI is InChI=1S/C19H21ClN2O2S.ClH/c1-19(2)10-16(14-8-11(21)4-7-17(14)24-19)22-18(23)13-9-12(25-3)5-6-15(13)20;/h4-9,16H,10,21H2,1-3H3,(H,22,23);1H. The summed E-state index contributed by atoms with van der Waals surface area (Å²) in [7, 11) is 0. The number of carbonyl (C=O) groups is 1. The Morgan fingerprint density at radius 1 is 1.31 bits per heavy atom. The minimum Gasteiger partial charge on any atom is -0.487 e. The third kappa shape index (κ3) is 4.40. The highest BCUT2D eigenvalue weighted by atomic mass is 35.5. The maximum absolute atomic E-state index is 12.8. The molecule has 2 aromatic carbocycles. The van der Waals surface area contributed by atoms with Crippen molar-refractivity contribution >= 4 is 47.4 Å². The number of halogens is 2. The van der Waals surface area contributed by atoms with Gasteiger partial charge in [-0.2, -0.15) is 0 Å². The average Bonchev–Trinajstić information content (AvgIpc) is 2.55. The number of rotatable bonds is 3. The van der Waals surface area contributed by atoms with Crippen molar-refractivity contribution in [1.29, 1.82) is 0 Å². The number of thioether (sulfide) groups is 1. The van der Waals surface area contributed by atoms with E-state index in [0.717, 1.165) is 16.2 Å². The van der Waals surface area contributed by atoms with E-state index >= 15 is 0 Å². The van der Waals surface area contributed by atoms with Gasteiger partial charge in [0.1, 0.15) is 11.4 Å². The van der Waals surface area contributed by atoms with E-state index in [1.807, 2.05) is 44.4 Å². The van der Waals surface area contributed by atoms with Crippen LogP contribution in [-0.4, -0.2) is 17.8 Å². The Hall–Kier alpha value is -1.56. The van der Waals surface area contributed by atoms with Crippen molar-refractivity contribution in [2.75, 3.05) is 12.0 Å². The fourth-order valence-electron chi connectivity index (χ4n) is 3.04. The summed E-state index contributed by atoms with van der Waals surface area (Å²) in [5.74, 6) is 0.552. The molecule has 0 bridgehead atoms. The number of ether oxygens (including phenoxy) is 1. The highest BCUT2D eigenvalue weighted by molar-refractivity contribution is 7.98. The second kappa shape index (κ2) is 7.99. The first-order valence-electron chi connectivity index (χ1n) is 8.02. The molecule has 0 saturated heterocycles. The molecule has 0 spiro atoms. The Balaban J connectivity index is 0.00000243. The van der Waals surface area contributed by atoms with Gasteiger partial charge in [-0.1, -0.05) is 11.6 Å². The summed E-state index contributed by atoms with van der Waals surface area (Å²) in [5, 5.41) is 3.54. The van der Waals surface area contributed by atoms with Crippen molar-refractivity contribution < 1.29 is 9.53 Å². The van der Waals surface area contributed by atoms with Gasteiger partial charge >= 0.3 is 0 Å².